The average Bonchev–Trinajstić information content (AvgIpc) is 2.61. The molecular weight excluding hydrogens is 427 g/mol. The summed E-state index contributed by atoms with van der Waals surface area (Å²) in [6.45, 7) is 0.964. The topological polar surface area (TPSA) is 84.9 Å². The van der Waals surface area contributed by atoms with E-state index < -0.39 is 10.1 Å². The first kappa shape index (κ1) is 22.3. The first-order valence-electron chi connectivity index (χ1n) is 8.16. The summed E-state index contributed by atoms with van der Waals surface area (Å²) in [6, 6.07) is 10.8. The Morgan fingerprint density at radius 2 is 1.82 bits per heavy atom. The minimum atomic E-state index is -3.59. The third kappa shape index (κ3) is 7.20. The number of carbonyl (C=O) groups is 1. The molecule has 28 heavy (non-hydrogen) atoms. The van der Waals surface area contributed by atoms with Gasteiger partial charge in [0.15, 0.2) is 0 Å². The monoisotopic (exact) mass is 446 g/mol. The first-order chi connectivity index (χ1) is 13.2. The molecule has 0 heterocycles. The molecule has 0 fully saturated rings. The highest BCUT2D eigenvalue weighted by Crippen LogP contribution is 2.26. The van der Waals surface area contributed by atoms with Crippen LogP contribution in [0.25, 0.3) is 0 Å². The number of anilines is 1. The lowest BCUT2D eigenvalue weighted by Gasteiger charge is -2.23. The van der Waals surface area contributed by atoms with Gasteiger partial charge in [0, 0.05) is 25.2 Å². The van der Waals surface area contributed by atoms with Crippen molar-refractivity contribution < 1.29 is 22.1 Å². The van der Waals surface area contributed by atoms with E-state index in [-0.39, 0.29) is 18.3 Å². The highest BCUT2D eigenvalue weighted by Gasteiger charge is 2.16. The van der Waals surface area contributed by atoms with Crippen LogP contribution in [-0.4, -0.2) is 45.9 Å². The molecule has 0 aromatic heterocycles. The maximum absolute atomic E-state index is 12.7. The molecule has 2 rings (SSSR count). The fraction of sp³-hybridized carbons (Fsp3) is 0.278. The summed E-state index contributed by atoms with van der Waals surface area (Å²) in [6.07, 6.45) is 0.972. The lowest BCUT2D eigenvalue weighted by Crippen LogP contribution is -2.36. The third-order valence-electron chi connectivity index (χ3n) is 3.57. The Kier molecular flexibility index (Phi) is 7.94. The highest BCUT2D eigenvalue weighted by atomic mass is 35.5. The minimum absolute atomic E-state index is 0.201. The van der Waals surface area contributed by atoms with Gasteiger partial charge in [-0.15, -0.1) is 0 Å². The zero-order valence-corrected chi connectivity index (χ0v) is 17.6. The van der Waals surface area contributed by atoms with Gasteiger partial charge in [-0.2, -0.15) is 8.42 Å². The Morgan fingerprint density at radius 1 is 1.14 bits per heavy atom. The van der Waals surface area contributed by atoms with Crippen molar-refractivity contribution in [3.63, 3.8) is 0 Å². The summed E-state index contributed by atoms with van der Waals surface area (Å²) < 4.78 is 32.2. The average molecular weight is 447 g/mol. The molecule has 152 valence electrons. The molecule has 0 bridgehead atoms. The Bertz CT molecular complexity index is 920. The van der Waals surface area contributed by atoms with Crippen LogP contribution >= 0.6 is 23.2 Å². The number of nitrogens with one attached hydrogen (secondary N) is 1. The predicted octanol–water partition coefficient (Wildman–Crippen LogP) is 4.01. The minimum Gasteiger partial charge on any atom is -0.383 e. The van der Waals surface area contributed by atoms with Gasteiger partial charge in [-0.3, -0.25) is 0 Å². The predicted molar refractivity (Wildman–Crippen MR) is 110 cm³/mol. The number of ether oxygens (including phenoxy) is 1. The largest absolute Gasteiger partial charge is 0.383 e. The van der Waals surface area contributed by atoms with Crippen LogP contribution in [0.2, 0.25) is 10.0 Å². The van der Waals surface area contributed by atoms with E-state index in [0.29, 0.717) is 28.9 Å². The fourth-order valence-electron chi connectivity index (χ4n) is 2.28. The van der Waals surface area contributed by atoms with Gasteiger partial charge in [0.05, 0.1) is 23.6 Å². The van der Waals surface area contributed by atoms with Gasteiger partial charge in [0.2, 0.25) is 0 Å². The van der Waals surface area contributed by atoms with E-state index in [4.69, 9.17) is 32.1 Å². The van der Waals surface area contributed by atoms with Crippen molar-refractivity contribution in [2.75, 3.05) is 31.8 Å². The van der Waals surface area contributed by atoms with Crippen LogP contribution in [0.4, 0.5) is 10.5 Å². The number of rotatable bonds is 8. The number of hydrogen-bond acceptors (Lipinski definition) is 5. The van der Waals surface area contributed by atoms with E-state index in [0.717, 1.165) is 11.8 Å². The molecule has 0 saturated carbocycles. The van der Waals surface area contributed by atoms with Gasteiger partial charge >= 0.3 is 16.1 Å². The maximum Gasteiger partial charge on any atom is 0.322 e. The van der Waals surface area contributed by atoms with Gasteiger partial charge in [0.1, 0.15) is 5.75 Å². The zero-order chi connectivity index (χ0) is 20.7. The second-order valence-electron chi connectivity index (χ2n) is 5.90. The molecule has 0 unspecified atom stereocenters. The number of benzene rings is 2. The van der Waals surface area contributed by atoms with E-state index >= 15 is 0 Å². The molecule has 1 N–H and O–H groups in total. The van der Waals surface area contributed by atoms with Gasteiger partial charge in [-0.25, -0.2) is 4.79 Å². The maximum atomic E-state index is 12.7. The molecule has 0 atom stereocenters. The number of halogens is 2. The standard InChI is InChI=1S/C18H20Cl2N2O5S/c1-26-10-9-22(18(23)21-17-8-5-14(19)11-16(17)20)12-13-3-6-15(7-4-13)27-28(2,24)25/h3-8,11H,9-10,12H2,1-2H3,(H,21,23). The number of carbonyl (C=O) groups excluding carboxylic acids is 1. The summed E-state index contributed by atoms with van der Waals surface area (Å²) in [5.74, 6) is 0.201. The van der Waals surface area contributed by atoms with Crippen LogP contribution in [0.5, 0.6) is 5.75 Å². The fourth-order valence-corrected chi connectivity index (χ4v) is 3.20. The molecule has 2 aromatic rings. The van der Waals surface area contributed by atoms with E-state index in [1.54, 1.807) is 42.3 Å². The highest BCUT2D eigenvalue weighted by molar-refractivity contribution is 7.86. The zero-order valence-electron chi connectivity index (χ0n) is 15.3. The summed E-state index contributed by atoms with van der Waals surface area (Å²) in [5.41, 5.74) is 1.23. The van der Waals surface area contributed by atoms with E-state index in [1.807, 2.05) is 0 Å². The van der Waals surface area contributed by atoms with Crippen LogP contribution in [0.3, 0.4) is 0 Å². The SMILES string of the molecule is COCCN(Cc1ccc(OS(C)(=O)=O)cc1)C(=O)Nc1ccc(Cl)cc1Cl. The molecule has 0 aliphatic carbocycles. The van der Waals surface area contributed by atoms with Gasteiger partial charge in [-0.05, 0) is 35.9 Å². The van der Waals surface area contributed by atoms with Crippen molar-refractivity contribution in [2.24, 2.45) is 0 Å². The van der Waals surface area contributed by atoms with E-state index in [1.165, 1.54) is 12.1 Å². The molecular formula is C18H20Cl2N2O5S. The van der Waals surface area contributed by atoms with Crippen LogP contribution in [0, 0.1) is 0 Å². The Hall–Kier alpha value is -2.00. The Balaban J connectivity index is 2.10. The van der Waals surface area contributed by atoms with E-state index in [9.17, 15) is 13.2 Å². The Morgan fingerprint density at radius 3 is 2.39 bits per heavy atom. The van der Waals surface area contributed by atoms with Crippen LogP contribution < -0.4 is 9.50 Å². The van der Waals surface area contributed by atoms with Crippen molar-refractivity contribution in [3.8, 4) is 5.75 Å². The normalized spacial score (nSPS) is 11.1. The molecule has 2 amide bonds. The van der Waals surface area contributed by atoms with Crippen molar-refractivity contribution >= 4 is 45.0 Å². The van der Waals surface area contributed by atoms with Crippen LogP contribution in [0.15, 0.2) is 42.5 Å². The quantitative estimate of drug-likeness (QED) is 0.619. The number of amides is 2. The van der Waals surface area contributed by atoms with Gasteiger partial charge in [-0.1, -0.05) is 35.3 Å². The molecule has 0 aliphatic rings. The van der Waals surface area contributed by atoms with Crippen LogP contribution in [-0.2, 0) is 21.4 Å². The van der Waals surface area contributed by atoms with Crippen molar-refractivity contribution in [1.82, 2.24) is 4.90 Å². The number of urea groups is 1. The van der Waals surface area contributed by atoms with Crippen molar-refractivity contribution in [2.45, 2.75) is 6.54 Å². The van der Waals surface area contributed by atoms with Crippen molar-refractivity contribution in [3.05, 3.63) is 58.1 Å². The third-order valence-corrected chi connectivity index (χ3v) is 4.61. The first-order valence-corrected chi connectivity index (χ1v) is 10.7. The molecule has 10 heteroatoms. The summed E-state index contributed by atoms with van der Waals surface area (Å²) >= 11 is 12.0. The molecule has 0 saturated heterocycles. The molecule has 0 spiro atoms. The smallest absolute Gasteiger partial charge is 0.322 e. The van der Waals surface area contributed by atoms with Crippen LogP contribution in [0.1, 0.15) is 5.56 Å². The molecule has 0 radical (unpaired) electrons. The number of methoxy groups -OCH3 is 1. The molecule has 7 nitrogen and oxygen atoms in total. The Labute approximate surface area is 174 Å². The van der Waals surface area contributed by atoms with Gasteiger partial charge in [0.25, 0.3) is 0 Å². The second-order valence-corrected chi connectivity index (χ2v) is 8.32. The van der Waals surface area contributed by atoms with Crippen molar-refractivity contribution in [1.29, 1.82) is 0 Å². The number of hydrogen-bond donors (Lipinski definition) is 1. The summed E-state index contributed by atoms with van der Waals surface area (Å²) in [5, 5.41) is 3.54. The van der Waals surface area contributed by atoms with E-state index in [2.05, 4.69) is 5.32 Å². The summed E-state index contributed by atoms with van der Waals surface area (Å²) in [4.78, 5) is 14.2. The lowest BCUT2D eigenvalue weighted by molar-refractivity contribution is 0.153. The summed E-state index contributed by atoms with van der Waals surface area (Å²) in [7, 11) is -2.05. The second kappa shape index (κ2) is 9.97. The molecule has 0 aliphatic heterocycles. The number of nitrogens with zero attached hydrogens (tertiary/aromatic N) is 1. The van der Waals surface area contributed by atoms with Gasteiger partial charge < -0.3 is 19.1 Å². The molecule has 2 aromatic carbocycles. The lowest BCUT2D eigenvalue weighted by atomic mass is 10.2.